The molecule has 0 saturated carbocycles. The Kier molecular flexibility index (Phi) is 4.52. The van der Waals surface area contributed by atoms with Crippen LogP contribution in [0, 0.1) is 0 Å². The van der Waals surface area contributed by atoms with Crippen LogP contribution in [0.4, 0.5) is 11.4 Å². The first-order valence-electron chi connectivity index (χ1n) is 5.38. The van der Waals surface area contributed by atoms with Crippen molar-refractivity contribution in [1.29, 1.82) is 0 Å². The molecule has 2 aromatic rings. The van der Waals surface area contributed by atoms with E-state index in [1.165, 1.54) is 24.3 Å². The third-order valence-corrected chi connectivity index (χ3v) is 5.69. The molecule has 0 aliphatic heterocycles. The van der Waals surface area contributed by atoms with Crippen molar-refractivity contribution in [3.05, 3.63) is 44.4 Å². The maximum absolute atomic E-state index is 12.5. The summed E-state index contributed by atoms with van der Waals surface area (Å²) in [5.74, 6) is 0. The van der Waals surface area contributed by atoms with E-state index in [9.17, 15) is 8.42 Å². The molecule has 0 heterocycles. The summed E-state index contributed by atoms with van der Waals surface area (Å²) in [5.41, 5.74) is 11.4. The van der Waals surface area contributed by atoms with Gasteiger partial charge in [0.2, 0.25) is 9.84 Å². The van der Waals surface area contributed by atoms with E-state index in [4.69, 9.17) is 57.9 Å². The van der Waals surface area contributed by atoms with Crippen LogP contribution in [-0.2, 0) is 9.84 Å². The minimum Gasteiger partial charge on any atom is -0.396 e. The van der Waals surface area contributed by atoms with Gasteiger partial charge >= 0.3 is 0 Å². The van der Waals surface area contributed by atoms with Crippen molar-refractivity contribution in [3.8, 4) is 0 Å². The molecular weight excluding hydrogens is 378 g/mol. The van der Waals surface area contributed by atoms with E-state index < -0.39 is 9.84 Å². The first-order chi connectivity index (χ1) is 9.64. The number of halogens is 4. The zero-order valence-electron chi connectivity index (χ0n) is 10.2. The van der Waals surface area contributed by atoms with Gasteiger partial charge in [-0.3, -0.25) is 0 Å². The van der Waals surface area contributed by atoms with Crippen molar-refractivity contribution in [1.82, 2.24) is 0 Å². The summed E-state index contributed by atoms with van der Waals surface area (Å²) < 4.78 is 25.1. The molecule has 0 saturated heterocycles. The number of rotatable bonds is 2. The summed E-state index contributed by atoms with van der Waals surface area (Å²) in [5, 5.41) is 0.143. The lowest BCUT2D eigenvalue weighted by molar-refractivity contribution is 0.596. The SMILES string of the molecule is Nc1c(Cl)cc(S(=O)(=O)c2cc(Cl)c(N)c(Cl)c2)cc1Cl. The first-order valence-corrected chi connectivity index (χ1v) is 8.38. The Labute approximate surface area is 141 Å². The van der Waals surface area contributed by atoms with Crippen LogP contribution in [0.15, 0.2) is 34.1 Å². The number of sulfone groups is 1. The van der Waals surface area contributed by atoms with E-state index in [0.29, 0.717) is 0 Å². The van der Waals surface area contributed by atoms with E-state index in [0.717, 1.165) is 0 Å². The van der Waals surface area contributed by atoms with Crippen molar-refractivity contribution in [2.45, 2.75) is 9.79 Å². The minimum absolute atomic E-state index is 0.0358. The fourth-order valence-electron chi connectivity index (χ4n) is 1.57. The van der Waals surface area contributed by atoms with E-state index in [2.05, 4.69) is 0 Å². The molecule has 9 heteroatoms. The van der Waals surface area contributed by atoms with Crippen LogP contribution >= 0.6 is 46.4 Å². The Morgan fingerprint density at radius 1 is 0.667 bits per heavy atom. The summed E-state index contributed by atoms with van der Waals surface area (Å²) in [6.07, 6.45) is 0. The third kappa shape index (κ3) is 3.03. The van der Waals surface area contributed by atoms with Gasteiger partial charge in [-0.1, -0.05) is 46.4 Å². The van der Waals surface area contributed by atoms with Gasteiger partial charge < -0.3 is 11.5 Å². The van der Waals surface area contributed by atoms with Crippen molar-refractivity contribution in [3.63, 3.8) is 0 Å². The first kappa shape index (κ1) is 16.5. The van der Waals surface area contributed by atoms with Gasteiger partial charge in [0.15, 0.2) is 0 Å². The van der Waals surface area contributed by atoms with Crippen LogP contribution in [0.5, 0.6) is 0 Å². The minimum atomic E-state index is -3.91. The maximum atomic E-state index is 12.5. The molecule has 0 fully saturated rings. The van der Waals surface area contributed by atoms with Crippen molar-refractivity contribution < 1.29 is 8.42 Å². The summed E-state index contributed by atoms with van der Waals surface area (Å²) in [7, 11) is -3.91. The molecule has 4 N–H and O–H groups in total. The molecular formula is C12H8Cl4N2O2S. The zero-order valence-corrected chi connectivity index (χ0v) is 14.0. The fraction of sp³-hybridized carbons (Fsp3) is 0. The molecule has 2 aromatic carbocycles. The molecule has 112 valence electrons. The van der Waals surface area contributed by atoms with E-state index in [-0.39, 0.29) is 41.3 Å². The maximum Gasteiger partial charge on any atom is 0.206 e. The average Bonchev–Trinajstić information content (AvgIpc) is 2.40. The Morgan fingerprint density at radius 2 is 0.905 bits per heavy atom. The predicted octanol–water partition coefficient (Wildman–Crippen LogP) is 4.30. The van der Waals surface area contributed by atoms with Crippen LogP contribution in [0.25, 0.3) is 0 Å². The van der Waals surface area contributed by atoms with Crippen LogP contribution in [0.1, 0.15) is 0 Å². The monoisotopic (exact) mass is 384 g/mol. The topological polar surface area (TPSA) is 86.2 Å². The van der Waals surface area contributed by atoms with Crippen molar-refractivity contribution >= 4 is 67.6 Å². The fourth-order valence-corrected chi connectivity index (χ4v) is 4.17. The molecule has 0 aliphatic carbocycles. The number of hydrogen-bond acceptors (Lipinski definition) is 4. The average molecular weight is 386 g/mol. The van der Waals surface area contributed by atoms with E-state index >= 15 is 0 Å². The second-order valence-corrected chi connectivity index (χ2v) is 7.68. The summed E-state index contributed by atoms with van der Waals surface area (Å²) in [6.45, 7) is 0. The highest BCUT2D eigenvalue weighted by atomic mass is 35.5. The normalized spacial score (nSPS) is 11.6. The molecule has 0 radical (unpaired) electrons. The van der Waals surface area contributed by atoms with Gasteiger partial charge in [-0.25, -0.2) is 8.42 Å². The van der Waals surface area contributed by atoms with Gasteiger partial charge in [0.25, 0.3) is 0 Å². The van der Waals surface area contributed by atoms with Gasteiger partial charge in [-0.15, -0.1) is 0 Å². The van der Waals surface area contributed by atoms with Crippen molar-refractivity contribution in [2.24, 2.45) is 0 Å². The Bertz CT molecular complexity index is 728. The number of hydrogen-bond donors (Lipinski definition) is 2. The third-order valence-electron chi connectivity index (χ3n) is 2.73. The van der Waals surface area contributed by atoms with Gasteiger partial charge in [0.05, 0.1) is 41.3 Å². The van der Waals surface area contributed by atoms with Crippen LogP contribution in [0.3, 0.4) is 0 Å². The molecule has 2 rings (SSSR count). The summed E-state index contributed by atoms with van der Waals surface area (Å²) in [4.78, 5) is -0.243. The standard InChI is InChI=1S/C12H8Cl4N2O2S/c13-7-1-5(2-8(14)11(7)17)21(19,20)6-3-9(15)12(18)10(16)4-6/h1-4H,17-18H2. The van der Waals surface area contributed by atoms with Crippen LogP contribution in [-0.4, -0.2) is 8.42 Å². The van der Waals surface area contributed by atoms with Gasteiger partial charge in [-0.05, 0) is 24.3 Å². The second-order valence-electron chi connectivity index (χ2n) is 4.10. The zero-order chi connectivity index (χ0) is 15.9. The smallest absolute Gasteiger partial charge is 0.206 e. The lowest BCUT2D eigenvalue weighted by atomic mass is 10.3. The van der Waals surface area contributed by atoms with Crippen LogP contribution < -0.4 is 11.5 Å². The Hall–Kier alpha value is -0.850. The number of nitrogens with two attached hydrogens (primary N) is 2. The number of anilines is 2. The molecule has 21 heavy (non-hydrogen) atoms. The molecule has 0 unspecified atom stereocenters. The van der Waals surface area contributed by atoms with Crippen molar-refractivity contribution in [2.75, 3.05) is 11.5 Å². The number of benzene rings is 2. The molecule has 0 amide bonds. The highest BCUT2D eigenvalue weighted by Gasteiger charge is 2.22. The number of nitrogen functional groups attached to an aromatic ring is 2. The Morgan fingerprint density at radius 3 is 1.14 bits per heavy atom. The largest absolute Gasteiger partial charge is 0.396 e. The molecule has 4 nitrogen and oxygen atoms in total. The highest BCUT2D eigenvalue weighted by molar-refractivity contribution is 7.91. The summed E-state index contributed by atoms with van der Waals surface area (Å²) >= 11 is 23.4. The lowest BCUT2D eigenvalue weighted by Crippen LogP contribution is -2.04. The van der Waals surface area contributed by atoms with Crippen LogP contribution in [0.2, 0.25) is 20.1 Å². The molecule has 0 atom stereocenters. The predicted molar refractivity (Wildman–Crippen MR) is 87.2 cm³/mol. The Balaban J connectivity index is 2.68. The summed E-state index contributed by atoms with van der Waals surface area (Å²) in [6, 6.07) is 4.82. The van der Waals surface area contributed by atoms with Gasteiger partial charge in [-0.2, -0.15) is 0 Å². The van der Waals surface area contributed by atoms with E-state index in [1.807, 2.05) is 0 Å². The molecule has 0 aromatic heterocycles. The highest BCUT2D eigenvalue weighted by Crippen LogP contribution is 2.36. The molecule has 0 aliphatic rings. The van der Waals surface area contributed by atoms with E-state index in [1.54, 1.807) is 0 Å². The quantitative estimate of drug-likeness (QED) is 0.754. The molecule has 0 bridgehead atoms. The molecule has 0 spiro atoms. The second kappa shape index (κ2) is 5.74. The van der Waals surface area contributed by atoms with Gasteiger partial charge in [0, 0.05) is 0 Å². The lowest BCUT2D eigenvalue weighted by Gasteiger charge is -2.10. The van der Waals surface area contributed by atoms with Gasteiger partial charge in [0.1, 0.15) is 0 Å².